The molecular weight excluding hydrogens is 613 g/mol. The average molecular weight is 657 g/mol. The Morgan fingerprint density at radius 3 is 2.38 bits per heavy atom. The van der Waals surface area contributed by atoms with Crippen LogP contribution in [0.3, 0.4) is 0 Å². The van der Waals surface area contributed by atoms with Crippen molar-refractivity contribution < 1.29 is 19.1 Å². The molecule has 0 saturated carbocycles. The summed E-state index contributed by atoms with van der Waals surface area (Å²) in [5.74, 6) is 0.370. The maximum absolute atomic E-state index is 13.1. The molecule has 242 valence electrons. The lowest BCUT2D eigenvalue weighted by Gasteiger charge is -2.31. The standard InChI is InChI=1S/C34H41N5O4.2ClH/c1-5-38-29-13-12-26(23-30(29)37(4)32(41)34(2,3)33(38)42)43-22-8-18-36-27(24-15-19-35-20-16-24)17-21-39-28-10-7-6-9-25(28)11-14-31(39)40;;/h6-7,9-10,12-13,15-16,19-20,23,27,36H,5,8,11,14,17-18,21-22H2,1-4H3;2*1H. The fourth-order valence-corrected chi connectivity index (χ4v) is 5.99. The van der Waals surface area contributed by atoms with Crippen molar-refractivity contribution in [2.24, 2.45) is 5.41 Å². The molecule has 45 heavy (non-hydrogen) atoms. The molecule has 0 aliphatic carbocycles. The van der Waals surface area contributed by atoms with Crippen molar-refractivity contribution in [3.8, 4) is 5.75 Å². The molecule has 0 spiro atoms. The van der Waals surface area contributed by atoms with Gasteiger partial charge in [0.05, 0.1) is 18.0 Å². The second kappa shape index (κ2) is 15.6. The number of amides is 3. The molecular formula is C34H43Cl2N5O4. The number of carbonyl (C=O) groups is 3. The number of carbonyl (C=O) groups excluding carboxylic acids is 3. The van der Waals surface area contributed by atoms with Gasteiger partial charge in [0.1, 0.15) is 11.2 Å². The Labute approximate surface area is 278 Å². The summed E-state index contributed by atoms with van der Waals surface area (Å²) in [6.45, 7) is 7.56. The first-order valence-electron chi connectivity index (χ1n) is 15.1. The number of anilines is 3. The Morgan fingerprint density at radius 1 is 0.911 bits per heavy atom. The normalized spacial score (nSPS) is 16.2. The van der Waals surface area contributed by atoms with Gasteiger partial charge in [0, 0.05) is 56.7 Å². The van der Waals surface area contributed by atoms with Crippen LogP contribution >= 0.6 is 24.8 Å². The van der Waals surface area contributed by atoms with Gasteiger partial charge in [0.2, 0.25) is 17.7 Å². The summed E-state index contributed by atoms with van der Waals surface area (Å²) in [6, 6.07) is 17.8. The number of nitrogens with one attached hydrogen (secondary N) is 1. The number of aromatic nitrogens is 1. The van der Waals surface area contributed by atoms with Crippen LogP contribution in [0.15, 0.2) is 67.0 Å². The Morgan fingerprint density at radius 2 is 1.64 bits per heavy atom. The van der Waals surface area contributed by atoms with Gasteiger partial charge < -0.3 is 24.8 Å². The largest absolute Gasteiger partial charge is 0.493 e. The molecule has 2 aliphatic heterocycles. The maximum atomic E-state index is 13.1. The highest BCUT2D eigenvalue weighted by molar-refractivity contribution is 6.20. The van der Waals surface area contributed by atoms with Gasteiger partial charge in [0.15, 0.2) is 0 Å². The van der Waals surface area contributed by atoms with E-state index in [2.05, 4.69) is 16.4 Å². The molecule has 11 heteroatoms. The van der Waals surface area contributed by atoms with Gasteiger partial charge in [-0.05, 0) is 88.0 Å². The topological polar surface area (TPSA) is 95.1 Å². The smallest absolute Gasteiger partial charge is 0.242 e. The Hall–Kier alpha value is -3.66. The van der Waals surface area contributed by atoms with E-state index in [0.717, 1.165) is 30.5 Å². The van der Waals surface area contributed by atoms with Crippen molar-refractivity contribution in [2.75, 3.05) is 48.0 Å². The molecule has 0 radical (unpaired) electrons. The van der Waals surface area contributed by atoms with E-state index >= 15 is 0 Å². The number of ether oxygens (including phenoxy) is 1. The van der Waals surface area contributed by atoms with Crippen LogP contribution in [0.2, 0.25) is 0 Å². The lowest BCUT2D eigenvalue weighted by Crippen LogP contribution is -2.47. The van der Waals surface area contributed by atoms with Gasteiger partial charge in [-0.1, -0.05) is 18.2 Å². The molecule has 2 aliphatic rings. The van der Waals surface area contributed by atoms with Crippen LogP contribution < -0.4 is 24.8 Å². The molecule has 3 amide bonds. The molecule has 3 heterocycles. The molecule has 9 nitrogen and oxygen atoms in total. The number of benzene rings is 2. The molecule has 1 atom stereocenters. The lowest BCUT2D eigenvalue weighted by molar-refractivity contribution is -0.137. The summed E-state index contributed by atoms with van der Waals surface area (Å²) < 4.78 is 6.10. The Kier molecular flexibility index (Phi) is 12.4. The third-order valence-corrected chi connectivity index (χ3v) is 8.46. The predicted molar refractivity (Wildman–Crippen MR) is 183 cm³/mol. The van der Waals surface area contributed by atoms with E-state index in [4.69, 9.17) is 4.74 Å². The SMILES string of the molecule is CCN1C(=O)C(C)(C)C(=O)N(C)c2cc(OCCCNC(CCN3C(=O)CCc4ccccc43)c3ccncc3)ccc21.Cl.Cl. The highest BCUT2D eigenvalue weighted by Crippen LogP contribution is 2.40. The summed E-state index contributed by atoms with van der Waals surface area (Å²) in [7, 11) is 1.71. The number of hydrogen-bond acceptors (Lipinski definition) is 6. The van der Waals surface area contributed by atoms with Gasteiger partial charge in [-0.15, -0.1) is 24.8 Å². The number of pyridine rings is 1. The zero-order valence-corrected chi connectivity index (χ0v) is 28.0. The third kappa shape index (κ3) is 7.60. The van der Waals surface area contributed by atoms with Crippen LogP contribution in [0.5, 0.6) is 5.75 Å². The number of para-hydroxylation sites is 1. The number of hydrogen-bond donors (Lipinski definition) is 1. The number of aryl methyl sites for hydroxylation is 1. The number of rotatable bonds is 11. The first-order chi connectivity index (χ1) is 20.7. The summed E-state index contributed by atoms with van der Waals surface area (Å²) >= 11 is 0. The minimum absolute atomic E-state index is 0. The predicted octanol–water partition coefficient (Wildman–Crippen LogP) is 5.75. The summed E-state index contributed by atoms with van der Waals surface area (Å²) in [6.07, 6.45) is 6.44. The maximum Gasteiger partial charge on any atom is 0.242 e. The first-order valence-corrected chi connectivity index (χ1v) is 15.1. The van der Waals surface area contributed by atoms with Crippen LogP contribution in [0.4, 0.5) is 17.1 Å². The lowest BCUT2D eigenvalue weighted by atomic mass is 9.90. The number of nitrogens with zero attached hydrogens (tertiary/aromatic N) is 4. The number of halogens is 2. The van der Waals surface area contributed by atoms with Crippen LogP contribution in [-0.2, 0) is 20.8 Å². The van der Waals surface area contributed by atoms with E-state index in [1.807, 2.05) is 60.4 Å². The third-order valence-electron chi connectivity index (χ3n) is 8.46. The van der Waals surface area contributed by atoms with Gasteiger partial charge in [-0.25, -0.2) is 0 Å². The van der Waals surface area contributed by atoms with Crippen molar-refractivity contribution >= 4 is 59.6 Å². The zero-order valence-electron chi connectivity index (χ0n) is 26.3. The molecule has 1 N–H and O–H groups in total. The second-order valence-corrected chi connectivity index (χ2v) is 11.6. The van der Waals surface area contributed by atoms with Crippen molar-refractivity contribution in [3.05, 3.63) is 78.1 Å². The van der Waals surface area contributed by atoms with Crippen molar-refractivity contribution in [1.82, 2.24) is 10.3 Å². The van der Waals surface area contributed by atoms with Gasteiger partial charge in [0.25, 0.3) is 0 Å². The monoisotopic (exact) mass is 655 g/mol. The molecule has 0 fully saturated rings. The van der Waals surface area contributed by atoms with E-state index < -0.39 is 5.41 Å². The second-order valence-electron chi connectivity index (χ2n) is 11.6. The molecule has 0 saturated heterocycles. The van der Waals surface area contributed by atoms with Crippen molar-refractivity contribution in [1.29, 1.82) is 0 Å². The van der Waals surface area contributed by atoms with Crippen LogP contribution in [0.1, 0.15) is 57.2 Å². The van der Waals surface area contributed by atoms with Gasteiger partial charge >= 0.3 is 0 Å². The van der Waals surface area contributed by atoms with E-state index in [1.165, 1.54) is 5.56 Å². The molecule has 3 aromatic rings. The molecule has 0 bridgehead atoms. The van der Waals surface area contributed by atoms with Crippen LogP contribution in [0, 0.1) is 5.41 Å². The fraction of sp³-hybridized carbons (Fsp3) is 0.412. The van der Waals surface area contributed by atoms with Gasteiger partial charge in [-0.3, -0.25) is 19.4 Å². The quantitative estimate of drug-likeness (QED) is 0.209. The van der Waals surface area contributed by atoms with Crippen LogP contribution in [0.25, 0.3) is 0 Å². The molecule has 2 aromatic carbocycles. The summed E-state index contributed by atoms with van der Waals surface area (Å²) in [4.78, 5) is 48.4. The van der Waals surface area contributed by atoms with Gasteiger partial charge in [-0.2, -0.15) is 0 Å². The molecule has 1 unspecified atom stereocenters. The Balaban J connectivity index is 0.00000276. The van der Waals surface area contributed by atoms with E-state index in [9.17, 15) is 14.4 Å². The highest BCUT2D eigenvalue weighted by atomic mass is 35.5. The fourth-order valence-electron chi connectivity index (χ4n) is 5.99. The average Bonchev–Trinajstić information content (AvgIpc) is 3.07. The van der Waals surface area contributed by atoms with Crippen LogP contribution in [-0.4, -0.2) is 56.0 Å². The van der Waals surface area contributed by atoms with E-state index in [1.54, 1.807) is 43.1 Å². The highest BCUT2D eigenvalue weighted by Gasteiger charge is 2.45. The number of fused-ring (bicyclic) bond motifs is 2. The van der Waals surface area contributed by atoms with Crippen molar-refractivity contribution in [3.63, 3.8) is 0 Å². The molecule has 1 aromatic heterocycles. The van der Waals surface area contributed by atoms with E-state index in [0.29, 0.717) is 49.8 Å². The summed E-state index contributed by atoms with van der Waals surface area (Å²) in [5, 5.41) is 3.66. The minimum Gasteiger partial charge on any atom is -0.493 e. The molecule has 5 rings (SSSR count). The zero-order chi connectivity index (χ0) is 30.6. The summed E-state index contributed by atoms with van der Waals surface area (Å²) in [5.41, 5.74) is 3.59. The van der Waals surface area contributed by atoms with Crippen molar-refractivity contribution in [2.45, 2.75) is 52.5 Å². The van der Waals surface area contributed by atoms with E-state index in [-0.39, 0.29) is 48.6 Å². The first kappa shape index (κ1) is 35.8. The minimum atomic E-state index is -1.15. The Bertz CT molecular complexity index is 1490.